The molecule has 0 saturated heterocycles. The lowest BCUT2D eigenvalue weighted by Crippen LogP contribution is -2.05. The Morgan fingerprint density at radius 3 is 1.86 bits per heavy atom. The van der Waals surface area contributed by atoms with Gasteiger partial charge in [-0.1, -0.05) is 0 Å². The number of aryl methyl sites for hydroxylation is 1. The van der Waals surface area contributed by atoms with Crippen molar-refractivity contribution in [1.29, 1.82) is 0 Å². The van der Waals surface area contributed by atoms with E-state index in [1.807, 2.05) is 0 Å². The molecule has 0 aliphatic heterocycles. The lowest BCUT2D eigenvalue weighted by Gasteiger charge is -2.13. The van der Waals surface area contributed by atoms with Crippen LogP contribution in [0.5, 0.6) is 17.2 Å². The van der Waals surface area contributed by atoms with Gasteiger partial charge >= 0.3 is 0 Å². The third kappa shape index (κ3) is 3.03. The van der Waals surface area contributed by atoms with Gasteiger partial charge in [0.1, 0.15) is 5.82 Å². The largest absolute Gasteiger partial charge is 0.493 e. The smallest absolute Gasteiger partial charge is 0.203 e. The fourth-order valence-corrected chi connectivity index (χ4v) is 2.25. The summed E-state index contributed by atoms with van der Waals surface area (Å²) in [5, 5.41) is 0. The van der Waals surface area contributed by atoms with Gasteiger partial charge in [0.15, 0.2) is 17.3 Å². The molecular formula is C17H17FO4. The molecule has 5 heteroatoms. The monoisotopic (exact) mass is 304 g/mol. The number of hydrogen-bond acceptors (Lipinski definition) is 4. The van der Waals surface area contributed by atoms with Gasteiger partial charge in [-0.15, -0.1) is 0 Å². The normalized spacial score (nSPS) is 10.2. The Morgan fingerprint density at radius 2 is 1.41 bits per heavy atom. The van der Waals surface area contributed by atoms with Crippen LogP contribution in [0.2, 0.25) is 0 Å². The van der Waals surface area contributed by atoms with Crippen LogP contribution in [0.1, 0.15) is 21.5 Å². The molecule has 2 rings (SSSR count). The molecule has 0 bridgehead atoms. The van der Waals surface area contributed by atoms with Crippen LogP contribution >= 0.6 is 0 Å². The molecule has 116 valence electrons. The molecule has 0 unspecified atom stereocenters. The summed E-state index contributed by atoms with van der Waals surface area (Å²) in [4.78, 5) is 12.6. The van der Waals surface area contributed by atoms with E-state index in [-0.39, 0.29) is 11.3 Å². The number of rotatable bonds is 5. The quantitative estimate of drug-likeness (QED) is 0.794. The second-order valence-corrected chi connectivity index (χ2v) is 4.76. The predicted molar refractivity (Wildman–Crippen MR) is 80.7 cm³/mol. The number of carbonyl (C=O) groups is 1. The van der Waals surface area contributed by atoms with Crippen molar-refractivity contribution in [2.45, 2.75) is 6.92 Å². The molecule has 4 nitrogen and oxygen atoms in total. The van der Waals surface area contributed by atoms with Crippen molar-refractivity contribution in [2.75, 3.05) is 21.3 Å². The lowest BCUT2D eigenvalue weighted by molar-refractivity contribution is 0.103. The van der Waals surface area contributed by atoms with E-state index in [4.69, 9.17) is 14.2 Å². The average Bonchev–Trinajstić information content (AvgIpc) is 2.51. The molecule has 0 spiro atoms. The molecule has 0 atom stereocenters. The molecule has 0 fully saturated rings. The molecule has 0 heterocycles. The summed E-state index contributed by atoms with van der Waals surface area (Å²) in [6.45, 7) is 1.73. The highest BCUT2D eigenvalue weighted by Gasteiger charge is 2.18. The van der Waals surface area contributed by atoms with Crippen LogP contribution in [0, 0.1) is 12.7 Å². The van der Waals surface area contributed by atoms with Crippen LogP contribution < -0.4 is 14.2 Å². The molecule has 0 aliphatic rings. The van der Waals surface area contributed by atoms with Crippen molar-refractivity contribution in [3.05, 3.63) is 52.8 Å². The van der Waals surface area contributed by atoms with Gasteiger partial charge < -0.3 is 14.2 Å². The summed E-state index contributed by atoms with van der Waals surface area (Å²) in [5.41, 5.74) is 1.28. The zero-order chi connectivity index (χ0) is 16.3. The fourth-order valence-electron chi connectivity index (χ4n) is 2.25. The Bertz CT molecular complexity index is 665. The number of hydrogen-bond donors (Lipinski definition) is 0. The Labute approximate surface area is 128 Å². The number of ketones is 1. The maximum absolute atomic E-state index is 13.5. The first-order chi connectivity index (χ1) is 10.5. The van der Waals surface area contributed by atoms with Crippen molar-refractivity contribution in [1.82, 2.24) is 0 Å². The molecule has 2 aromatic carbocycles. The van der Waals surface area contributed by atoms with E-state index in [0.29, 0.717) is 28.4 Å². The first kappa shape index (κ1) is 15.8. The minimum atomic E-state index is -0.448. The van der Waals surface area contributed by atoms with E-state index >= 15 is 0 Å². The summed E-state index contributed by atoms with van der Waals surface area (Å²) in [7, 11) is 4.42. The van der Waals surface area contributed by atoms with E-state index in [9.17, 15) is 9.18 Å². The first-order valence-corrected chi connectivity index (χ1v) is 6.62. The van der Waals surface area contributed by atoms with Gasteiger partial charge in [0.25, 0.3) is 0 Å². The Kier molecular flexibility index (Phi) is 4.65. The van der Waals surface area contributed by atoms with Gasteiger partial charge in [0.2, 0.25) is 5.75 Å². The standard InChI is InChI=1S/C17H17FO4/c1-10-5-11(7-13(18)6-10)16(19)12-8-14(20-2)17(22-4)15(9-12)21-3/h5-9H,1-4H3. The summed E-state index contributed by atoms with van der Waals surface area (Å²) in [6, 6.07) is 7.30. The van der Waals surface area contributed by atoms with Crippen molar-refractivity contribution in [2.24, 2.45) is 0 Å². The van der Waals surface area contributed by atoms with E-state index in [0.717, 1.165) is 0 Å². The number of carbonyl (C=O) groups excluding carboxylic acids is 1. The van der Waals surface area contributed by atoms with Crippen LogP contribution in [0.4, 0.5) is 4.39 Å². The van der Waals surface area contributed by atoms with Gasteiger partial charge in [0, 0.05) is 11.1 Å². The third-order valence-electron chi connectivity index (χ3n) is 3.23. The zero-order valence-electron chi connectivity index (χ0n) is 12.9. The second kappa shape index (κ2) is 6.47. The minimum Gasteiger partial charge on any atom is -0.493 e. The molecule has 0 radical (unpaired) electrons. The predicted octanol–water partition coefficient (Wildman–Crippen LogP) is 3.39. The van der Waals surface area contributed by atoms with E-state index in [1.54, 1.807) is 25.1 Å². The SMILES string of the molecule is COc1cc(C(=O)c2cc(C)cc(F)c2)cc(OC)c1OC. The molecule has 0 amide bonds. The van der Waals surface area contributed by atoms with Gasteiger partial charge in [-0.25, -0.2) is 4.39 Å². The Morgan fingerprint density at radius 1 is 0.864 bits per heavy atom. The van der Waals surface area contributed by atoms with Crippen LogP contribution in [-0.2, 0) is 0 Å². The summed E-state index contributed by atoms with van der Waals surface area (Å²) >= 11 is 0. The number of halogens is 1. The van der Waals surface area contributed by atoms with Crippen molar-refractivity contribution in [3.63, 3.8) is 0 Å². The van der Waals surface area contributed by atoms with Gasteiger partial charge in [0.05, 0.1) is 21.3 Å². The highest BCUT2D eigenvalue weighted by Crippen LogP contribution is 2.38. The topological polar surface area (TPSA) is 44.8 Å². The minimum absolute atomic E-state index is 0.270. The van der Waals surface area contributed by atoms with Crippen molar-refractivity contribution >= 4 is 5.78 Å². The van der Waals surface area contributed by atoms with E-state index in [2.05, 4.69) is 0 Å². The molecule has 0 aliphatic carbocycles. The number of methoxy groups -OCH3 is 3. The van der Waals surface area contributed by atoms with Crippen molar-refractivity contribution in [3.8, 4) is 17.2 Å². The van der Waals surface area contributed by atoms with E-state index in [1.165, 1.54) is 33.5 Å². The van der Waals surface area contributed by atoms with Crippen molar-refractivity contribution < 1.29 is 23.4 Å². The molecule has 0 aromatic heterocycles. The van der Waals surface area contributed by atoms with Crippen LogP contribution in [-0.4, -0.2) is 27.1 Å². The van der Waals surface area contributed by atoms with Gasteiger partial charge in [-0.3, -0.25) is 4.79 Å². The highest BCUT2D eigenvalue weighted by molar-refractivity contribution is 6.09. The fraction of sp³-hybridized carbons (Fsp3) is 0.235. The lowest BCUT2D eigenvalue weighted by atomic mass is 10.0. The van der Waals surface area contributed by atoms with Gasteiger partial charge in [-0.05, 0) is 42.8 Å². The molecule has 0 saturated carbocycles. The summed E-state index contributed by atoms with van der Waals surface area (Å²) < 4.78 is 29.2. The summed E-state index contributed by atoms with van der Waals surface area (Å²) in [5.74, 6) is 0.381. The first-order valence-electron chi connectivity index (χ1n) is 6.62. The third-order valence-corrected chi connectivity index (χ3v) is 3.23. The number of benzene rings is 2. The maximum Gasteiger partial charge on any atom is 0.203 e. The molecule has 22 heavy (non-hydrogen) atoms. The number of ether oxygens (including phenoxy) is 3. The molecule has 0 N–H and O–H groups in total. The van der Waals surface area contributed by atoms with E-state index < -0.39 is 5.82 Å². The average molecular weight is 304 g/mol. The van der Waals surface area contributed by atoms with Crippen LogP contribution in [0.25, 0.3) is 0 Å². The second-order valence-electron chi connectivity index (χ2n) is 4.76. The Hall–Kier alpha value is -2.56. The Balaban J connectivity index is 2.54. The molecule has 2 aromatic rings. The van der Waals surface area contributed by atoms with Crippen LogP contribution in [0.3, 0.4) is 0 Å². The zero-order valence-corrected chi connectivity index (χ0v) is 12.9. The maximum atomic E-state index is 13.5. The molecular weight excluding hydrogens is 287 g/mol. The highest BCUT2D eigenvalue weighted by atomic mass is 19.1. The van der Waals surface area contributed by atoms with Gasteiger partial charge in [-0.2, -0.15) is 0 Å². The summed E-state index contributed by atoms with van der Waals surface area (Å²) in [6.07, 6.45) is 0. The van der Waals surface area contributed by atoms with Crippen LogP contribution in [0.15, 0.2) is 30.3 Å².